The summed E-state index contributed by atoms with van der Waals surface area (Å²) < 4.78 is 5.27. The first-order valence-corrected chi connectivity index (χ1v) is 6.79. The predicted octanol–water partition coefficient (Wildman–Crippen LogP) is 3.04. The van der Waals surface area contributed by atoms with Gasteiger partial charge in [0.1, 0.15) is 0 Å². The van der Waals surface area contributed by atoms with Crippen LogP contribution < -0.4 is 4.90 Å². The second kappa shape index (κ2) is 5.47. The first kappa shape index (κ1) is 12.9. The number of rotatable bonds is 4. The quantitative estimate of drug-likeness (QED) is 0.798. The summed E-state index contributed by atoms with van der Waals surface area (Å²) in [6.45, 7) is 3.36. The zero-order chi connectivity index (χ0) is 13.9. The molecular formula is C17H17NO2. The molecule has 20 heavy (non-hydrogen) atoms. The van der Waals surface area contributed by atoms with E-state index in [1.54, 1.807) is 4.90 Å². The highest BCUT2D eigenvalue weighted by Gasteiger charge is 2.29. The van der Waals surface area contributed by atoms with Gasteiger partial charge in [-0.15, -0.1) is 0 Å². The van der Waals surface area contributed by atoms with E-state index < -0.39 is 0 Å². The average molecular weight is 267 g/mol. The Hall–Kier alpha value is -2.13. The van der Waals surface area contributed by atoms with Gasteiger partial charge in [-0.05, 0) is 31.2 Å². The Morgan fingerprint density at radius 2 is 1.80 bits per heavy atom. The molecule has 1 heterocycles. The highest BCUT2D eigenvalue weighted by Crippen LogP contribution is 2.21. The third-order valence-electron chi connectivity index (χ3n) is 3.40. The van der Waals surface area contributed by atoms with E-state index in [0.717, 1.165) is 17.9 Å². The van der Waals surface area contributed by atoms with Crippen LogP contribution in [0.3, 0.4) is 0 Å². The molecule has 1 unspecified atom stereocenters. The van der Waals surface area contributed by atoms with E-state index >= 15 is 0 Å². The number of anilines is 1. The number of hydrogen-bond acceptors (Lipinski definition) is 2. The molecule has 1 fully saturated rings. The van der Waals surface area contributed by atoms with Crippen molar-refractivity contribution in [1.29, 1.82) is 0 Å². The number of benzene rings is 2. The van der Waals surface area contributed by atoms with Crippen LogP contribution in [0.4, 0.5) is 5.69 Å². The molecule has 2 aromatic carbocycles. The summed E-state index contributed by atoms with van der Waals surface area (Å²) in [5.41, 5.74) is 2.77. The molecule has 0 N–H and O–H groups in total. The minimum atomic E-state index is 0.0201. The third kappa shape index (κ3) is 2.89. The lowest BCUT2D eigenvalue weighted by molar-refractivity contribution is 0.0984. The summed E-state index contributed by atoms with van der Waals surface area (Å²) >= 11 is 0. The lowest BCUT2D eigenvalue weighted by atomic mass is 10.1. The zero-order valence-corrected chi connectivity index (χ0v) is 11.5. The van der Waals surface area contributed by atoms with Crippen molar-refractivity contribution in [2.24, 2.45) is 0 Å². The van der Waals surface area contributed by atoms with Gasteiger partial charge in [-0.1, -0.05) is 35.9 Å². The van der Waals surface area contributed by atoms with Gasteiger partial charge in [-0.25, -0.2) is 0 Å². The molecule has 1 atom stereocenters. The molecule has 0 spiro atoms. The standard InChI is InChI=1S/C17H17NO2/c1-13-7-9-14(10-8-13)17(19)18(11-16-12-20-16)15-5-3-2-4-6-15/h2-10,16H,11-12H2,1H3. The van der Waals surface area contributed by atoms with E-state index in [-0.39, 0.29) is 12.0 Å². The number of epoxide rings is 1. The summed E-state index contributed by atoms with van der Waals surface area (Å²) in [5, 5.41) is 0. The summed E-state index contributed by atoms with van der Waals surface area (Å²) in [7, 11) is 0. The molecule has 3 rings (SSSR count). The molecule has 102 valence electrons. The number of carbonyl (C=O) groups is 1. The molecule has 3 heteroatoms. The lowest BCUT2D eigenvalue weighted by Crippen LogP contribution is -2.34. The van der Waals surface area contributed by atoms with Crippen molar-refractivity contribution in [2.75, 3.05) is 18.1 Å². The van der Waals surface area contributed by atoms with Crippen LogP contribution >= 0.6 is 0 Å². The Morgan fingerprint density at radius 3 is 2.40 bits per heavy atom. The lowest BCUT2D eigenvalue weighted by Gasteiger charge is -2.22. The van der Waals surface area contributed by atoms with E-state index in [0.29, 0.717) is 12.1 Å². The van der Waals surface area contributed by atoms with Crippen molar-refractivity contribution in [2.45, 2.75) is 13.0 Å². The Bertz CT molecular complexity index is 588. The topological polar surface area (TPSA) is 32.8 Å². The van der Waals surface area contributed by atoms with Gasteiger partial charge in [0.15, 0.2) is 0 Å². The fraction of sp³-hybridized carbons (Fsp3) is 0.235. The van der Waals surface area contributed by atoms with Crippen LogP contribution in [-0.2, 0) is 4.74 Å². The van der Waals surface area contributed by atoms with Crippen LogP contribution in [-0.4, -0.2) is 25.2 Å². The molecule has 1 amide bonds. The largest absolute Gasteiger partial charge is 0.371 e. The molecule has 0 aliphatic carbocycles. The summed E-state index contributed by atoms with van der Waals surface area (Å²) in [4.78, 5) is 14.5. The molecule has 1 aliphatic heterocycles. The van der Waals surface area contributed by atoms with Gasteiger partial charge >= 0.3 is 0 Å². The maximum absolute atomic E-state index is 12.7. The number of para-hydroxylation sites is 1. The molecular weight excluding hydrogens is 250 g/mol. The maximum Gasteiger partial charge on any atom is 0.258 e. The van der Waals surface area contributed by atoms with E-state index in [9.17, 15) is 4.79 Å². The highest BCUT2D eigenvalue weighted by molar-refractivity contribution is 6.06. The first-order valence-electron chi connectivity index (χ1n) is 6.79. The molecule has 0 aromatic heterocycles. The first-order chi connectivity index (χ1) is 9.74. The second-order valence-electron chi connectivity index (χ2n) is 5.07. The van der Waals surface area contributed by atoms with Crippen molar-refractivity contribution < 1.29 is 9.53 Å². The predicted molar refractivity (Wildman–Crippen MR) is 79.0 cm³/mol. The number of ether oxygens (including phenoxy) is 1. The van der Waals surface area contributed by atoms with Gasteiger partial charge in [0, 0.05) is 11.3 Å². The van der Waals surface area contributed by atoms with Crippen molar-refractivity contribution >= 4 is 11.6 Å². The van der Waals surface area contributed by atoms with Crippen LogP contribution in [0, 0.1) is 6.92 Å². The zero-order valence-electron chi connectivity index (χ0n) is 11.5. The minimum absolute atomic E-state index is 0.0201. The Morgan fingerprint density at radius 1 is 1.15 bits per heavy atom. The smallest absolute Gasteiger partial charge is 0.258 e. The molecule has 0 bridgehead atoms. The van der Waals surface area contributed by atoms with Gasteiger partial charge in [0.05, 0.1) is 19.3 Å². The van der Waals surface area contributed by atoms with Crippen LogP contribution in [0.2, 0.25) is 0 Å². The normalized spacial score (nSPS) is 16.8. The molecule has 1 saturated heterocycles. The van der Waals surface area contributed by atoms with Gasteiger partial charge in [-0.2, -0.15) is 0 Å². The van der Waals surface area contributed by atoms with Gasteiger partial charge < -0.3 is 9.64 Å². The summed E-state index contributed by atoms with van der Waals surface area (Å²) in [6.07, 6.45) is 0.171. The van der Waals surface area contributed by atoms with E-state index in [1.165, 1.54) is 0 Å². The number of aryl methyl sites for hydroxylation is 1. The monoisotopic (exact) mass is 267 g/mol. The fourth-order valence-electron chi connectivity index (χ4n) is 2.14. The Labute approximate surface area is 118 Å². The van der Waals surface area contributed by atoms with Gasteiger partial charge in [0.2, 0.25) is 0 Å². The third-order valence-corrected chi connectivity index (χ3v) is 3.40. The van der Waals surface area contributed by atoms with Crippen molar-refractivity contribution in [3.63, 3.8) is 0 Å². The van der Waals surface area contributed by atoms with Crippen LogP contribution in [0.25, 0.3) is 0 Å². The molecule has 2 aromatic rings. The molecule has 0 radical (unpaired) electrons. The average Bonchev–Trinajstić information content (AvgIpc) is 3.30. The van der Waals surface area contributed by atoms with E-state index in [4.69, 9.17) is 4.74 Å². The molecule has 3 nitrogen and oxygen atoms in total. The van der Waals surface area contributed by atoms with Crippen LogP contribution in [0.1, 0.15) is 15.9 Å². The Balaban J connectivity index is 1.88. The number of amides is 1. The summed E-state index contributed by atoms with van der Waals surface area (Å²) in [5.74, 6) is 0.0201. The van der Waals surface area contributed by atoms with Crippen LogP contribution in [0.15, 0.2) is 54.6 Å². The van der Waals surface area contributed by atoms with E-state index in [1.807, 2.05) is 61.5 Å². The van der Waals surface area contributed by atoms with E-state index in [2.05, 4.69) is 0 Å². The molecule has 0 saturated carbocycles. The maximum atomic E-state index is 12.7. The van der Waals surface area contributed by atoms with Crippen molar-refractivity contribution in [3.05, 3.63) is 65.7 Å². The number of hydrogen-bond donors (Lipinski definition) is 0. The fourth-order valence-corrected chi connectivity index (χ4v) is 2.14. The summed E-state index contributed by atoms with van der Waals surface area (Å²) in [6, 6.07) is 17.4. The van der Waals surface area contributed by atoms with Crippen molar-refractivity contribution in [3.8, 4) is 0 Å². The molecule has 1 aliphatic rings. The minimum Gasteiger partial charge on any atom is -0.371 e. The van der Waals surface area contributed by atoms with Crippen molar-refractivity contribution in [1.82, 2.24) is 0 Å². The Kier molecular flexibility index (Phi) is 3.52. The number of carbonyl (C=O) groups excluding carboxylic acids is 1. The van der Waals surface area contributed by atoms with Crippen LogP contribution in [0.5, 0.6) is 0 Å². The SMILES string of the molecule is Cc1ccc(C(=O)N(CC2CO2)c2ccccc2)cc1. The van der Waals surface area contributed by atoms with Gasteiger partial charge in [0.25, 0.3) is 5.91 Å². The second-order valence-corrected chi connectivity index (χ2v) is 5.07. The highest BCUT2D eigenvalue weighted by atomic mass is 16.6. The number of nitrogens with zero attached hydrogens (tertiary/aromatic N) is 1. The van der Waals surface area contributed by atoms with Gasteiger partial charge in [-0.3, -0.25) is 4.79 Å².